The van der Waals surface area contributed by atoms with Crippen LogP contribution >= 0.6 is 0 Å². The van der Waals surface area contributed by atoms with Crippen LogP contribution in [0.4, 0.5) is 0 Å². The summed E-state index contributed by atoms with van der Waals surface area (Å²) in [5, 5.41) is 0. The minimum absolute atomic E-state index is 1.31. The van der Waals surface area contributed by atoms with E-state index in [4.69, 9.17) is 17.8 Å². The summed E-state index contributed by atoms with van der Waals surface area (Å²) in [6.45, 7) is 3.93. The summed E-state index contributed by atoms with van der Waals surface area (Å²) >= 11 is 0. The zero-order valence-electron chi connectivity index (χ0n) is 20.5. The number of hydrogen-bond acceptors (Lipinski definition) is 0. The first kappa shape index (κ1) is 2.15. The molecule has 2 aliphatic rings. The van der Waals surface area contributed by atoms with Crippen molar-refractivity contribution in [3.63, 3.8) is 0 Å². The third-order valence-corrected chi connectivity index (χ3v) is 1.56. The SMILES string of the molecule is [2H]C1([2H])C([2H])([2H])C2([2H])C([2H])([2H])C1([2H])C([2H])([2H])C2([2H])C([2H])([2H])C(C)(C)C. The van der Waals surface area contributed by atoms with E-state index in [-0.39, 0.29) is 0 Å². The van der Waals surface area contributed by atoms with Gasteiger partial charge in [-0.3, -0.25) is 0 Å². The summed E-state index contributed by atoms with van der Waals surface area (Å²) in [5.41, 5.74) is -1.50. The highest BCUT2D eigenvalue weighted by molar-refractivity contribution is 4.91. The molecule has 2 rings (SSSR count). The van der Waals surface area contributed by atoms with E-state index in [1.165, 1.54) is 20.8 Å². The van der Waals surface area contributed by atoms with Gasteiger partial charge in [-0.25, -0.2) is 0 Å². The summed E-state index contributed by atoms with van der Waals surface area (Å²) in [6, 6.07) is 0. The molecule has 0 aromatic carbocycles. The van der Waals surface area contributed by atoms with Gasteiger partial charge in [0.2, 0.25) is 0 Å². The van der Waals surface area contributed by atoms with Crippen LogP contribution in [0.3, 0.4) is 0 Å². The van der Waals surface area contributed by atoms with Gasteiger partial charge in [0.15, 0.2) is 0 Å². The monoisotopic (exact) mass is 179 g/mol. The maximum absolute atomic E-state index is 8.64. The fraction of sp³-hybridized carbons (Fsp3) is 1.00. The molecule has 2 aliphatic carbocycles. The molecule has 0 aromatic heterocycles. The molecule has 2 saturated carbocycles. The second-order valence-electron chi connectivity index (χ2n) is 4.00. The molecule has 0 nitrogen and oxygen atoms in total. The molecule has 0 radical (unpaired) electrons. The highest BCUT2D eigenvalue weighted by Crippen LogP contribution is 2.51. The number of rotatable bonds is 1. The highest BCUT2D eigenvalue weighted by Gasteiger charge is 2.40. The lowest BCUT2D eigenvalue weighted by atomic mass is 9.77. The summed E-state index contributed by atoms with van der Waals surface area (Å²) in [4.78, 5) is 0. The van der Waals surface area contributed by atoms with Crippen molar-refractivity contribution in [3.8, 4) is 0 Å². The second kappa shape index (κ2) is 2.75. The molecule has 0 aliphatic heterocycles. The topological polar surface area (TPSA) is 0 Å². The fourth-order valence-electron chi connectivity index (χ4n) is 1.16. The number of fused-ring (bicyclic) bond motifs is 2. The molecule has 0 amide bonds. The van der Waals surface area contributed by atoms with E-state index in [2.05, 4.69) is 0 Å². The van der Waals surface area contributed by atoms with Gasteiger partial charge in [0.05, 0.1) is 0 Å². The molecule has 0 aromatic rings. The zero-order valence-corrected chi connectivity index (χ0v) is 7.50. The Morgan fingerprint density at radius 3 is 2.75 bits per heavy atom. The Kier molecular flexibility index (Phi) is 0.492. The molecule has 0 spiro atoms. The molecule has 70 valence electrons. The molecule has 2 fully saturated rings. The first-order valence-electron chi connectivity index (χ1n) is 10.5. The van der Waals surface area contributed by atoms with Crippen LogP contribution in [0.25, 0.3) is 0 Å². The predicted octanol–water partition coefficient (Wildman–Crippen LogP) is 3.86. The number of hydrogen-bond donors (Lipinski definition) is 0. The third-order valence-electron chi connectivity index (χ3n) is 1.56. The Balaban J connectivity index is 3.08. The van der Waals surface area contributed by atoms with E-state index >= 15 is 0 Å². The molecule has 0 saturated heterocycles. The Morgan fingerprint density at radius 2 is 2.17 bits per heavy atom. The Hall–Kier alpha value is 0. The third kappa shape index (κ3) is 1.67. The Labute approximate surface area is 95.0 Å². The lowest BCUT2D eigenvalue weighted by molar-refractivity contribution is 0.224. The Bertz CT molecular complexity index is 617. The first-order valence-corrected chi connectivity index (χ1v) is 4.00. The molecule has 0 N–H and O–H groups in total. The van der Waals surface area contributed by atoms with Crippen molar-refractivity contribution >= 4 is 0 Å². The molecule has 3 atom stereocenters. The fourth-order valence-corrected chi connectivity index (χ4v) is 1.16. The van der Waals surface area contributed by atoms with Crippen LogP contribution in [0.1, 0.15) is 70.5 Å². The highest BCUT2D eigenvalue weighted by atomic mass is 14.5. The predicted molar refractivity (Wildman–Crippen MR) is 53.0 cm³/mol. The van der Waals surface area contributed by atoms with E-state index in [9.17, 15) is 0 Å². The van der Waals surface area contributed by atoms with Crippen molar-refractivity contribution in [2.75, 3.05) is 0 Å². The van der Waals surface area contributed by atoms with Crippen molar-refractivity contribution < 1.29 is 17.8 Å². The Morgan fingerprint density at radius 1 is 1.42 bits per heavy atom. The van der Waals surface area contributed by atoms with Gasteiger partial charge >= 0.3 is 0 Å². The normalized spacial score (nSPS) is 93.1. The molecule has 12 heavy (non-hydrogen) atoms. The lowest BCUT2D eigenvalue weighted by Gasteiger charge is -2.28. The minimum atomic E-state index is -3.50. The van der Waals surface area contributed by atoms with Crippen LogP contribution in [0.2, 0.25) is 0 Å². The second-order valence-corrected chi connectivity index (χ2v) is 4.00. The van der Waals surface area contributed by atoms with Crippen LogP contribution in [0, 0.1) is 23.1 Å². The minimum Gasteiger partial charge on any atom is -0.0602 e. The largest absolute Gasteiger partial charge is 0.0602 e. The summed E-state index contributed by atoms with van der Waals surface area (Å²) in [7, 11) is 0. The van der Waals surface area contributed by atoms with Crippen LogP contribution in [-0.2, 0) is 0 Å². The van der Waals surface area contributed by atoms with E-state index in [1.54, 1.807) is 0 Å². The maximum Gasteiger partial charge on any atom is 0.0306 e. The van der Waals surface area contributed by atoms with E-state index in [0.717, 1.165) is 0 Å². The van der Waals surface area contributed by atoms with Crippen LogP contribution < -0.4 is 0 Å². The molecule has 3 unspecified atom stereocenters. The summed E-state index contributed by atoms with van der Waals surface area (Å²) < 4.78 is 107. The van der Waals surface area contributed by atoms with Gasteiger partial charge in [-0.2, -0.15) is 0 Å². The van der Waals surface area contributed by atoms with Crippen molar-refractivity contribution in [3.05, 3.63) is 0 Å². The van der Waals surface area contributed by atoms with Crippen LogP contribution in [0.15, 0.2) is 0 Å². The average Bonchev–Trinajstić information content (AvgIpc) is 2.50. The van der Waals surface area contributed by atoms with Crippen molar-refractivity contribution in [2.45, 2.75) is 52.6 Å². The van der Waals surface area contributed by atoms with Gasteiger partial charge in [-0.1, -0.05) is 27.1 Å². The summed E-state index contributed by atoms with van der Waals surface area (Å²) in [5.74, 6) is -10.4. The molecular formula is C12H22. The van der Waals surface area contributed by atoms with Crippen LogP contribution in [0.5, 0.6) is 0 Å². The van der Waals surface area contributed by atoms with Gasteiger partial charge in [0.1, 0.15) is 0 Å². The molecule has 0 heterocycles. The van der Waals surface area contributed by atoms with Gasteiger partial charge in [0.25, 0.3) is 0 Å². The van der Waals surface area contributed by atoms with Crippen molar-refractivity contribution in [1.82, 2.24) is 0 Å². The summed E-state index contributed by atoms with van der Waals surface area (Å²) in [6.07, 6.45) is -16.8. The van der Waals surface area contributed by atoms with Gasteiger partial charge < -0.3 is 0 Å². The average molecular weight is 179 g/mol. The van der Waals surface area contributed by atoms with E-state index < -0.39 is 55.0 Å². The van der Waals surface area contributed by atoms with Crippen LogP contribution in [-0.4, -0.2) is 0 Å². The molecule has 2 bridgehead atoms. The maximum atomic E-state index is 8.64. The lowest BCUT2D eigenvalue weighted by Crippen LogP contribution is -2.18. The van der Waals surface area contributed by atoms with Crippen molar-refractivity contribution in [2.24, 2.45) is 23.1 Å². The quantitative estimate of drug-likeness (QED) is 0.573. The van der Waals surface area contributed by atoms with Gasteiger partial charge in [-0.05, 0) is 48.6 Å². The van der Waals surface area contributed by atoms with E-state index in [0.29, 0.717) is 0 Å². The van der Waals surface area contributed by atoms with Crippen molar-refractivity contribution in [1.29, 1.82) is 0 Å². The first-order chi connectivity index (χ1) is 10.5. The standard InChI is InChI=1S/C12H22/c1-12(2,3)8-11-7-9-4-5-10(11)6-9/h9-11H,4-8H2,1-3H3/i4D2,5D2,6D2,7D2,8D2,9D,10D,11D. The molecular weight excluding hydrogens is 144 g/mol. The van der Waals surface area contributed by atoms with Gasteiger partial charge in [0, 0.05) is 17.8 Å². The zero-order chi connectivity index (χ0) is 20.5. The molecule has 0 heteroatoms. The van der Waals surface area contributed by atoms with Gasteiger partial charge in [-0.15, -0.1) is 0 Å². The smallest absolute Gasteiger partial charge is 0.0306 e. The van der Waals surface area contributed by atoms with E-state index in [1.807, 2.05) is 0 Å².